The molecule has 2 aliphatic rings. The summed E-state index contributed by atoms with van der Waals surface area (Å²) in [7, 11) is 0. The zero-order valence-electron chi connectivity index (χ0n) is 20.2. The molecule has 0 saturated carbocycles. The Morgan fingerprint density at radius 2 is 1.94 bits per heavy atom. The van der Waals surface area contributed by atoms with Crippen LogP contribution >= 0.6 is 11.8 Å². The van der Waals surface area contributed by atoms with Crippen LogP contribution in [0.5, 0.6) is 5.75 Å². The van der Waals surface area contributed by atoms with E-state index in [0.29, 0.717) is 28.8 Å². The van der Waals surface area contributed by atoms with Crippen LogP contribution in [0.25, 0.3) is 0 Å². The fourth-order valence-electron chi connectivity index (χ4n) is 4.67. The van der Waals surface area contributed by atoms with E-state index in [1.807, 2.05) is 28.9 Å². The highest BCUT2D eigenvalue weighted by Crippen LogP contribution is 2.45. The third-order valence-electron chi connectivity index (χ3n) is 6.30. The Labute approximate surface area is 209 Å². The van der Waals surface area contributed by atoms with Crippen molar-refractivity contribution in [1.29, 1.82) is 0 Å². The van der Waals surface area contributed by atoms with E-state index >= 15 is 0 Å². The molecule has 1 aliphatic carbocycles. The summed E-state index contributed by atoms with van der Waals surface area (Å²) in [6.07, 6.45) is 2.30. The average molecular weight is 493 g/mol. The summed E-state index contributed by atoms with van der Waals surface area (Å²) in [4.78, 5) is 18.1. The number of hydrogen-bond donors (Lipinski definition) is 1. The summed E-state index contributed by atoms with van der Waals surface area (Å²) in [5.74, 6) is 2.08. The number of rotatable bonds is 7. The minimum absolute atomic E-state index is 0.111. The molecule has 1 N–H and O–H groups in total. The Hall–Kier alpha value is -3.13. The first-order valence-corrected chi connectivity index (χ1v) is 12.9. The van der Waals surface area contributed by atoms with Crippen LogP contribution in [0.3, 0.4) is 0 Å². The predicted octanol–water partition coefficient (Wildman–Crippen LogP) is 6.16. The lowest BCUT2D eigenvalue weighted by atomic mass is 9.73. The smallest absolute Gasteiger partial charge is 0.227 e. The van der Waals surface area contributed by atoms with Crippen LogP contribution < -0.4 is 10.1 Å². The van der Waals surface area contributed by atoms with Crippen molar-refractivity contribution in [1.82, 2.24) is 14.8 Å². The van der Waals surface area contributed by atoms with Crippen molar-refractivity contribution in [3.05, 3.63) is 76.7 Å². The maximum Gasteiger partial charge on any atom is 0.227 e. The molecule has 1 atom stereocenters. The van der Waals surface area contributed by atoms with E-state index in [-0.39, 0.29) is 29.7 Å². The maximum atomic E-state index is 13.9. The number of nitrogens with one attached hydrogen (secondary N) is 1. The Morgan fingerprint density at radius 1 is 1.17 bits per heavy atom. The molecule has 182 valence electrons. The lowest BCUT2D eigenvalue weighted by Crippen LogP contribution is -2.36. The maximum absolute atomic E-state index is 13.9. The first kappa shape index (κ1) is 23.6. The standard InChI is InChI=1S/C27H29FN4O2S/c1-4-13-35-26-30-25-29-21-14-27(2,3)15-22(33)23(21)24(32(25)31-26)17-9-11-19(12-10-17)34-16-18-7-5-6-8-20(18)28/h5-12,24H,4,13-16H2,1-3H3,(H,29,30,31). The van der Waals surface area contributed by atoms with Crippen molar-refractivity contribution in [2.45, 2.75) is 57.8 Å². The van der Waals surface area contributed by atoms with Crippen LogP contribution in [0.15, 0.2) is 65.0 Å². The molecule has 6 nitrogen and oxygen atoms in total. The van der Waals surface area contributed by atoms with Gasteiger partial charge in [0.25, 0.3) is 0 Å². The fraction of sp³-hybridized carbons (Fsp3) is 0.370. The molecule has 0 fully saturated rings. The van der Waals surface area contributed by atoms with E-state index < -0.39 is 0 Å². The number of carbonyl (C=O) groups excluding carboxylic acids is 1. The molecule has 2 heterocycles. The number of ether oxygens (including phenoxy) is 1. The van der Waals surface area contributed by atoms with Crippen LogP contribution in [-0.2, 0) is 11.4 Å². The van der Waals surface area contributed by atoms with Crippen LogP contribution in [-0.4, -0.2) is 26.3 Å². The van der Waals surface area contributed by atoms with Gasteiger partial charge in [-0.05, 0) is 42.0 Å². The summed E-state index contributed by atoms with van der Waals surface area (Å²) in [5.41, 5.74) is 3.02. The zero-order valence-corrected chi connectivity index (χ0v) is 21.0. The Bertz CT molecular complexity index is 1280. The molecule has 0 spiro atoms. The Morgan fingerprint density at radius 3 is 2.69 bits per heavy atom. The van der Waals surface area contributed by atoms with Gasteiger partial charge in [0, 0.05) is 29.0 Å². The first-order chi connectivity index (χ1) is 16.8. The molecule has 0 saturated heterocycles. The number of ketones is 1. The van der Waals surface area contributed by atoms with Gasteiger partial charge >= 0.3 is 0 Å². The number of fused-ring (bicyclic) bond motifs is 1. The zero-order chi connectivity index (χ0) is 24.6. The molecule has 0 amide bonds. The molecule has 35 heavy (non-hydrogen) atoms. The van der Waals surface area contributed by atoms with Crippen LogP contribution in [0, 0.1) is 11.2 Å². The number of Topliss-reactive ketones (excluding diaryl/α,β-unsaturated/α-hetero) is 1. The van der Waals surface area contributed by atoms with Crippen molar-refractivity contribution in [2.75, 3.05) is 11.1 Å². The predicted molar refractivity (Wildman–Crippen MR) is 135 cm³/mol. The monoisotopic (exact) mass is 492 g/mol. The second kappa shape index (κ2) is 9.49. The molecule has 0 bridgehead atoms. The Balaban J connectivity index is 1.46. The molecule has 1 aliphatic heterocycles. The quantitative estimate of drug-likeness (QED) is 0.399. The van der Waals surface area contributed by atoms with Gasteiger partial charge in [-0.2, -0.15) is 4.98 Å². The molecule has 0 radical (unpaired) electrons. The van der Waals surface area contributed by atoms with E-state index in [4.69, 9.17) is 14.8 Å². The molecular weight excluding hydrogens is 463 g/mol. The van der Waals surface area contributed by atoms with Crippen molar-refractivity contribution < 1.29 is 13.9 Å². The van der Waals surface area contributed by atoms with Crippen molar-refractivity contribution in [3.8, 4) is 5.75 Å². The number of anilines is 1. The highest BCUT2D eigenvalue weighted by molar-refractivity contribution is 7.99. The largest absolute Gasteiger partial charge is 0.489 e. The van der Waals surface area contributed by atoms with Gasteiger partial charge in [0.1, 0.15) is 24.2 Å². The highest BCUT2D eigenvalue weighted by Gasteiger charge is 2.41. The minimum atomic E-state index is -0.353. The number of halogens is 1. The molecule has 5 rings (SSSR count). The van der Waals surface area contributed by atoms with Crippen molar-refractivity contribution in [2.24, 2.45) is 5.41 Å². The highest BCUT2D eigenvalue weighted by atomic mass is 32.2. The number of benzene rings is 2. The average Bonchev–Trinajstić information content (AvgIpc) is 3.23. The van der Waals surface area contributed by atoms with Crippen LogP contribution in [0.1, 0.15) is 57.2 Å². The van der Waals surface area contributed by atoms with Gasteiger partial charge in [-0.3, -0.25) is 4.79 Å². The molecule has 8 heteroatoms. The molecule has 3 aromatic rings. The third-order valence-corrected chi connectivity index (χ3v) is 7.34. The first-order valence-electron chi connectivity index (χ1n) is 11.9. The number of hydrogen-bond acceptors (Lipinski definition) is 6. The van der Waals surface area contributed by atoms with Crippen LogP contribution in [0.4, 0.5) is 10.3 Å². The van der Waals surface area contributed by atoms with E-state index in [2.05, 4.69) is 26.1 Å². The van der Waals surface area contributed by atoms with E-state index in [9.17, 15) is 9.18 Å². The summed E-state index contributed by atoms with van der Waals surface area (Å²) in [6, 6.07) is 13.9. The lowest BCUT2D eigenvalue weighted by molar-refractivity contribution is -0.118. The normalized spacial score (nSPS) is 18.6. The number of aromatic nitrogens is 3. The van der Waals surface area contributed by atoms with Gasteiger partial charge in [-0.1, -0.05) is 62.9 Å². The molecule has 1 aromatic heterocycles. The van der Waals surface area contributed by atoms with Crippen LogP contribution in [0.2, 0.25) is 0 Å². The van der Waals surface area contributed by atoms with Gasteiger partial charge in [-0.25, -0.2) is 9.07 Å². The summed E-state index contributed by atoms with van der Waals surface area (Å²) < 4.78 is 21.6. The summed E-state index contributed by atoms with van der Waals surface area (Å²) in [6.45, 7) is 6.51. The third kappa shape index (κ3) is 4.85. The summed E-state index contributed by atoms with van der Waals surface area (Å²) in [5, 5.41) is 8.88. The van der Waals surface area contributed by atoms with Gasteiger partial charge in [0.15, 0.2) is 5.78 Å². The van der Waals surface area contributed by atoms with Crippen molar-refractivity contribution in [3.63, 3.8) is 0 Å². The SMILES string of the molecule is CCCSc1nc2n(n1)C(c1ccc(OCc3ccccc3F)cc1)C1=C(CC(C)(C)CC1=O)N2. The van der Waals surface area contributed by atoms with Crippen molar-refractivity contribution >= 4 is 23.5 Å². The Kier molecular flexibility index (Phi) is 6.40. The molecule has 1 unspecified atom stereocenters. The number of nitrogens with zero attached hydrogens (tertiary/aromatic N) is 3. The van der Waals surface area contributed by atoms with E-state index in [1.54, 1.807) is 30.0 Å². The van der Waals surface area contributed by atoms with Gasteiger partial charge < -0.3 is 10.1 Å². The topological polar surface area (TPSA) is 69.0 Å². The fourth-order valence-corrected chi connectivity index (χ4v) is 5.36. The van der Waals surface area contributed by atoms with E-state index in [0.717, 1.165) is 35.4 Å². The minimum Gasteiger partial charge on any atom is -0.489 e. The summed E-state index contributed by atoms with van der Waals surface area (Å²) >= 11 is 1.62. The number of carbonyl (C=O) groups is 1. The second-order valence-corrected chi connectivity index (χ2v) is 10.9. The van der Waals surface area contributed by atoms with Gasteiger partial charge in [0.05, 0.1) is 0 Å². The van der Waals surface area contributed by atoms with Gasteiger partial charge in [0.2, 0.25) is 11.1 Å². The number of thioether (sulfide) groups is 1. The van der Waals surface area contributed by atoms with Gasteiger partial charge in [-0.15, -0.1) is 5.10 Å². The molecule has 2 aromatic carbocycles. The lowest BCUT2D eigenvalue weighted by Gasteiger charge is -2.38. The molecular formula is C27H29FN4O2S. The van der Waals surface area contributed by atoms with E-state index in [1.165, 1.54) is 6.07 Å². The second-order valence-electron chi connectivity index (χ2n) is 9.82. The number of allylic oxidation sites excluding steroid dienone is 2.